The average Bonchev–Trinajstić information content (AvgIpc) is 2.76. The van der Waals surface area contributed by atoms with Crippen molar-refractivity contribution < 1.29 is 0 Å². The highest BCUT2D eigenvalue weighted by molar-refractivity contribution is 7.14. The zero-order chi connectivity index (χ0) is 12.3. The van der Waals surface area contributed by atoms with E-state index in [0.29, 0.717) is 6.04 Å². The first-order valence-electron chi connectivity index (χ1n) is 5.64. The Labute approximate surface area is 105 Å². The predicted octanol–water partition coefficient (Wildman–Crippen LogP) is 2.41. The molecule has 0 spiro atoms. The maximum absolute atomic E-state index is 4.26. The molecule has 90 valence electrons. The van der Waals surface area contributed by atoms with Crippen molar-refractivity contribution in [1.29, 1.82) is 0 Å². The van der Waals surface area contributed by atoms with E-state index in [1.165, 1.54) is 0 Å². The smallest absolute Gasteiger partial charge is 0.149 e. The summed E-state index contributed by atoms with van der Waals surface area (Å²) < 4.78 is 0. The lowest BCUT2D eigenvalue weighted by Crippen LogP contribution is -2.21. The van der Waals surface area contributed by atoms with Crippen LogP contribution in [0.15, 0.2) is 18.3 Å². The van der Waals surface area contributed by atoms with Crippen LogP contribution in [0.3, 0.4) is 0 Å². The van der Waals surface area contributed by atoms with E-state index in [1.54, 1.807) is 11.3 Å². The number of rotatable bonds is 4. The quantitative estimate of drug-likeness (QED) is 0.902. The van der Waals surface area contributed by atoms with Gasteiger partial charge in [-0.15, -0.1) is 10.2 Å². The van der Waals surface area contributed by atoms with Crippen LogP contribution in [0.2, 0.25) is 0 Å². The van der Waals surface area contributed by atoms with Gasteiger partial charge >= 0.3 is 0 Å². The van der Waals surface area contributed by atoms with Gasteiger partial charge in [0.05, 0.1) is 0 Å². The first-order chi connectivity index (χ1) is 8.15. The van der Waals surface area contributed by atoms with Gasteiger partial charge in [0.2, 0.25) is 0 Å². The van der Waals surface area contributed by atoms with Gasteiger partial charge < -0.3 is 5.32 Å². The maximum Gasteiger partial charge on any atom is 0.149 e. The van der Waals surface area contributed by atoms with E-state index in [1.807, 2.05) is 25.3 Å². The summed E-state index contributed by atoms with van der Waals surface area (Å²) >= 11 is 1.61. The minimum atomic E-state index is 0.461. The molecule has 0 aliphatic rings. The molecule has 0 unspecified atom stereocenters. The molecule has 2 aromatic heterocycles. The van der Waals surface area contributed by atoms with Crippen molar-refractivity contribution in [3.8, 4) is 10.6 Å². The molecule has 0 aliphatic heterocycles. The van der Waals surface area contributed by atoms with Crippen molar-refractivity contribution in [3.63, 3.8) is 0 Å². The summed E-state index contributed by atoms with van der Waals surface area (Å²) in [5, 5.41) is 13.6. The molecular formula is C12H16N4S. The van der Waals surface area contributed by atoms with Crippen molar-refractivity contribution in [2.45, 2.75) is 33.4 Å². The van der Waals surface area contributed by atoms with E-state index in [-0.39, 0.29) is 0 Å². The number of aryl methyl sites for hydroxylation is 1. The second-order valence-electron chi connectivity index (χ2n) is 4.22. The molecule has 5 heteroatoms. The summed E-state index contributed by atoms with van der Waals surface area (Å²) in [6.07, 6.45) is 1.84. The first kappa shape index (κ1) is 12.1. The summed E-state index contributed by atoms with van der Waals surface area (Å²) in [6.45, 7) is 6.98. The minimum Gasteiger partial charge on any atom is -0.308 e. The average molecular weight is 248 g/mol. The standard InChI is InChI=1S/C12H16N4S/c1-8(2)13-7-11-15-16-12(17-11)10-5-4-9(3)14-6-10/h4-6,8,13H,7H2,1-3H3. The van der Waals surface area contributed by atoms with Gasteiger partial charge in [-0.3, -0.25) is 4.98 Å². The highest BCUT2D eigenvalue weighted by Gasteiger charge is 2.06. The van der Waals surface area contributed by atoms with Crippen molar-refractivity contribution in [1.82, 2.24) is 20.5 Å². The van der Waals surface area contributed by atoms with Crippen molar-refractivity contribution in [3.05, 3.63) is 29.0 Å². The molecule has 0 aliphatic carbocycles. The summed E-state index contributed by atoms with van der Waals surface area (Å²) in [5.74, 6) is 0. The molecule has 17 heavy (non-hydrogen) atoms. The zero-order valence-corrected chi connectivity index (χ0v) is 11.1. The van der Waals surface area contributed by atoms with Crippen LogP contribution in [0.1, 0.15) is 24.5 Å². The largest absolute Gasteiger partial charge is 0.308 e. The molecule has 2 heterocycles. The van der Waals surface area contributed by atoms with E-state index in [2.05, 4.69) is 34.3 Å². The van der Waals surface area contributed by atoms with Crippen LogP contribution in [0.4, 0.5) is 0 Å². The molecule has 4 nitrogen and oxygen atoms in total. The van der Waals surface area contributed by atoms with Crippen LogP contribution in [0.5, 0.6) is 0 Å². The third-order valence-corrected chi connectivity index (χ3v) is 3.26. The molecule has 0 amide bonds. The lowest BCUT2D eigenvalue weighted by molar-refractivity contribution is 0.585. The monoisotopic (exact) mass is 248 g/mol. The number of hydrogen-bond donors (Lipinski definition) is 1. The van der Waals surface area contributed by atoms with Crippen LogP contribution in [-0.4, -0.2) is 21.2 Å². The molecule has 2 aromatic rings. The molecule has 1 N–H and O–H groups in total. The maximum atomic E-state index is 4.26. The van der Waals surface area contributed by atoms with Crippen molar-refractivity contribution >= 4 is 11.3 Å². The fourth-order valence-electron chi connectivity index (χ4n) is 1.33. The Bertz CT molecular complexity index is 476. The van der Waals surface area contributed by atoms with E-state index >= 15 is 0 Å². The van der Waals surface area contributed by atoms with Crippen LogP contribution < -0.4 is 5.32 Å². The molecule has 0 fully saturated rings. The third kappa shape index (κ3) is 3.31. The van der Waals surface area contributed by atoms with Gasteiger partial charge in [-0.1, -0.05) is 25.2 Å². The third-order valence-electron chi connectivity index (χ3n) is 2.29. The van der Waals surface area contributed by atoms with Crippen molar-refractivity contribution in [2.24, 2.45) is 0 Å². The van der Waals surface area contributed by atoms with Gasteiger partial charge in [0, 0.05) is 30.0 Å². The van der Waals surface area contributed by atoms with Crippen molar-refractivity contribution in [2.75, 3.05) is 0 Å². The van der Waals surface area contributed by atoms with Crippen LogP contribution in [0.25, 0.3) is 10.6 Å². The molecule has 0 aromatic carbocycles. The van der Waals surface area contributed by atoms with E-state index in [4.69, 9.17) is 0 Å². The Morgan fingerprint density at radius 1 is 1.29 bits per heavy atom. The first-order valence-corrected chi connectivity index (χ1v) is 6.45. The Kier molecular flexibility index (Phi) is 3.81. The Morgan fingerprint density at radius 3 is 2.76 bits per heavy atom. The summed E-state index contributed by atoms with van der Waals surface area (Å²) in [4.78, 5) is 4.26. The van der Waals surface area contributed by atoms with Gasteiger partial charge in [0.1, 0.15) is 10.0 Å². The van der Waals surface area contributed by atoms with Gasteiger partial charge in [-0.2, -0.15) is 0 Å². The van der Waals surface area contributed by atoms with Crippen LogP contribution in [0, 0.1) is 6.92 Å². The van der Waals surface area contributed by atoms with Gasteiger partial charge in [-0.05, 0) is 19.1 Å². The molecule has 0 saturated heterocycles. The second kappa shape index (κ2) is 5.33. The molecular weight excluding hydrogens is 232 g/mol. The Morgan fingerprint density at radius 2 is 2.12 bits per heavy atom. The Balaban J connectivity index is 2.10. The molecule has 0 radical (unpaired) electrons. The normalized spacial score (nSPS) is 11.1. The highest BCUT2D eigenvalue weighted by Crippen LogP contribution is 2.22. The summed E-state index contributed by atoms with van der Waals surface area (Å²) in [6, 6.07) is 4.48. The lowest BCUT2D eigenvalue weighted by atomic mass is 10.3. The highest BCUT2D eigenvalue weighted by atomic mass is 32.1. The van der Waals surface area contributed by atoms with Crippen LogP contribution >= 0.6 is 11.3 Å². The fraction of sp³-hybridized carbons (Fsp3) is 0.417. The SMILES string of the molecule is Cc1ccc(-c2nnc(CNC(C)C)s2)cn1. The number of aromatic nitrogens is 3. The van der Waals surface area contributed by atoms with E-state index in [9.17, 15) is 0 Å². The Hall–Kier alpha value is -1.33. The number of pyridine rings is 1. The summed E-state index contributed by atoms with van der Waals surface area (Å²) in [7, 11) is 0. The van der Waals surface area contributed by atoms with Gasteiger partial charge in [0.15, 0.2) is 0 Å². The van der Waals surface area contributed by atoms with Gasteiger partial charge in [0.25, 0.3) is 0 Å². The van der Waals surface area contributed by atoms with Gasteiger partial charge in [-0.25, -0.2) is 0 Å². The predicted molar refractivity (Wildman–Crippen MR) is 69.9 cm³/mol. The molecule has 0 bridgehead atoms. The number of nitrogens with zero attached hydrogens (tertiary/aromatic N) is 3. The number of nitrogens with one attached hydrogen (secondary N) is 1. The summed E-state index contributed by atoms with van der Waals surface area (Å²) in [5.41, 5.74) is 2.05. The molecule has 0 atom stereocenters. The minimum absolute atomic E-state index is 0.461. The van der Waals surface area contributed by atoms with Crippen LogP contribution in [-0.2, 0) is 6.54 Å². The number of hydrogen-bond acceptors (Lipinski definition) is 5. The molecule has 0 saturated carbocycles. The zero-order valence-electron chi connectivity index (χ0n) is 10.3. The topological polar surface area (TPSA) is 50.7 Å². The van der Waals surface area contributed by atoms with E-state index < -0.39 is 0 Å². The lowest BCUT2D eigenvalue weighted by Gasteiger charge is -2.03. The second-order valence-corrected chi connectivity index (χ2v) is 5.29. The fourth-order valence-corrected chi connectivity index (χ4v) is 2.11. The van der Waals surface area contributed by atoms with E-state index in [0.717, 1.165) is 27.8 Å². The molecule has 2 rings (SSSR count).